The van der Waals surface area contributed by atoms with Gasteiger partial charge in [-0.05, 0) is 7.05 Å². The molecule has 1 aliphatic rings. The summed E-state index contributed by atoms with van der Waals surface area (Å²) in [5.74, 6) is -3.03. The van der Waals surface area contributed by atoms with Crippen molar-refractivity contribution in [2.24, 2.45) is 0 Å². The van der Waals surface area contributed by atoms with Gasteiger partial charge in [0.2, 0.25) is 11.8 Å². The van der Waals surface area contributed by atoms with Crippen molar-refractivity contribution in [3.63, 3.8) is 0 Å². The highest BCUT2D eigenvalue weighted by atomic mass is 19.3. The number of ether oxygens (including phenoxy) is 2. The van der Waals surface area contributed by atoms with E-state index in [4.69, 9.17) is 4.74 Å². The summed E-state index contributed by atoms with van der Waals surface area (Å²) in [6, 6.07) is 1.19. The number of rotatable bonds is 6. The maximum absolute atomic E-state index is 14.0. The zero-order valence-electron chi connectivity index (χ0n) is 13.6. The third-order valence-corrected chi connectivity index (χ3v) is 3.63. The first kappa shape index (κ1) is 18.2. The number of hydrogen-bond donors (Lipinski definition) is 2. The highest BCUT2D eigenvalue weighted by Gasteiger charge is 2.45. The maximum atomic E-state index is 14.0. The van der Waals surface area contributed by atoms with Crippen LogP contribution in [0, 0.1) is 0 Å². The number of likely N-dealkylation sites (tertiary alicyclic amines) is 1. The molecule has 0 bridgehead atoms. The van der Waals surface area contributed by atoms with Gasteiger partial charge < -0.3 is 19.7 Å². The molecule has 12 heteroatoms. The Morgan fingerprint density at radius 1 is 1.35 bits per heavy atom. The standard InChI is InChI=1S/C14H16F4N6O2/c1-24-3-2-8(14(17,18)7-24)25-12-6-19-5-10(21-12)20-9-4-11(23-22-9)26-13(15)16/h4-6,8,13H,2-3,7H2,1H3,(H2,20,21,22,23)/t8-/m1/s1. The van der Waals surface area contributed by atoms with Gasteiger partial charge in [-0.2, -0.15) is 13.8 Å². The molecule has 3 rings (SSSR count). The molecule has 0 spiro atoms. The van der Waals surface area contributed by atoms with Crippen LogP contribution in [0.1, 0.15) is 6.42 Å². The maximum Gasteiger partial charge on any atom is 0.388 e. The highest BCUT2D eigenvalue weighted by Crippen LogP contribution is 2.30. The van der Waals surface area contributed by atoms with Crippen LogP contribution in [0.15, 0.2) is 18.5 Å². The molecule has 26 heavy (non-hydrogen) atoms. The molecule has 1 atom stereocenters. The van der Waals surface area contributed by atoms with Crippen LogP contribution in [-0.4, -0.2) is 63.8 Å². The molecule has 0 radical (unpaired) electrons. The van der Waals surface area contributed by atoms with E-state index in [2.05, 4.69) is 30.2 Å². The first-order chi connectivity index (χ1) is 12.3. The van der Waals surface area contributed by atoms with Crippen molar-refractivity contribution >= 4 is 11.6 Å². The van der Waals surface area contributed by atoms with Gasteiger partial charge in [0.15, 0.2) is 11.9 Å². The van der Waals surface area contributed by atoms with Gasteiger partial charge in [-0.3, -0.25) is 10.1 Å². The second-order valence-electron chi connectivity index (χ2n) is 5.76. The zero-order chi connectivity index (χ0) is 18.7. The summed E-state index contributed by atoms with van der Waals surface area (Å²) >= 11 is 0. The molecule has 0 saturated carbocycles. The minimum Gasteiger partial charge on any atom is -0.467 e. The molecular weight excluding hydrogens is 360 g/mol. The van der Waals surface area contributed by atoms with Gasteiger partial charge in [-0.25, -0.2) is 8.78 Å². The fraction of sp³-hybridized carbons (Fsp3) is 0.500. The summed E-state index contributed by atoms with van der Waals surface area (Å²) < 4.78 is 61.8. The first-order valence-electron chi connectivity index (χ1n) is 7.64. The van der Waals surface area contributed by atoms with Crippen molar-refractivity contribution in [1.29, 1.82) is 0 Å². The number of alkyl halides is 4. The van der Waals surface area contributed by atoms with E-state index in [-0.39, 0.29) is 29.8 Å². The predicted molar refractivity (Wildman–Crippen MR) is 82.0 cm³/mol. The molecule has 0 aliphatic carbocycles. The number of nitrogens with zero attached hydrogens (tertiary/aromatic N) is 4. The SMILES string of the molecule is CN1CC[C@@H](Oc2cncc(Nc3cc(OC(F)F)n[nH]3)n2)C(F)(F)C1. The van der Waals surface area contributed by atoms with E-state index in [0.717, 1.165) is 0 Å². The monoisotopic (exact) mass is 376 g/mol. The van der Waals surface area contributed by atoms with Crippen LogP contribution in [0.3, 0.4) is 0 Å². The van der Waals surface area contributed by atoms with Gasteiger partial charge in [0.05, 0.1) is 18.9 Å². The summed E-state index contributed by atoms with van der Waals surface area (Å²) in [5, 5.41) is 8.66. The summed E-state index contributed by atoms with van der Waals surface area (Å²) in [6.07, 6.45) is 1.38. The Labute approximate surface area is 145 Å². The minimum absolute atomic E-state index is 0.0761. The number of aromatic amines is 1. The van der Waals surface area contributed by atoms with Gasteiger partial charge in [0, 0.05) is 19.0 Å². The molecule has 2 aromatic rings. The van der Waals surface area contributed by atoms with E-state index in [1.54, 1.807) is 7.05 Å². The molecule has 3 heterocycles. The first-order valence-corrected chi connectivity index (χ1v) is 7.64. The van der Waals surface area contributed by atoms with Gasteiger partial charge >= 0.3 is 6.61 Å². The van der Waals surface area contributed by atoms with E-state index in [1.807, 2.05) is 0 Å². The third-order valence-electron chi connectivity index (χ3n) is 3.63. The van der Waals surface area contributed by atoms with Gasteiger partial charge in [0.25, 0.3) is 5.92 Å². The lowest BCUT2D eigenvalue weighted by Gasteiger charge is -2.35. The van der Waals surface area contributed by atoms with Crippen molar-refractivity contribution in [2.75, 3.05) is 25.5 Å². The number of anilines is 2. The van der Waals surface area contributed by atoms with E-state index < -0.39 is 25.2 Å². The van der Waals surface area contributed by atoms with Crippen LogP contribution in [0.2, 0.25) is 0 Å². The molecule has 2 aromatic heterocycles. The second kappa shape index (κ2) is 7.32. The minimum atomic E-state index is -3.01. The van der Waals surface area contributed by atoms with E-state index in [1.165, 1.54) is 23.4 Å². The Kier molecular flexibility index (Phi) is 5.11. The molecule has 8 nitrogen and oxygen atoms in total. The number of hydrogen-bond acceptors (Lipinski definition) is 7. The summed E-state index contributed by atoms with van der Waals surface area (Å²) in [4.78, 5) is 9.44. The summed E-state index contributed by atoms with van der Waals surface area (Å²) in [7, 11) is 1.62. The predicted octanol–water partition coefficient (Wildman–Crippen LogP) is 2.26. The number of piperidine rings is 1. The van der Waals surface area contributed by atoms with Crippen molar-refractivity contribution in [1.82, 2.24) is 25.1 Å². The van der Waals surface area contributed by atoms with Crippen molar-refractivity contribution in [3.8, 4) is 11.8 Å². The van der Waals surface area contributed by atoms with Gasteiger partial charge in [-0.1, -0.05) is 0 Å². The van der Waals surface area contributed by atoms with Gasteiger partial charge in [0.1, 0.15) is 5.82 Å². The number of aromatic nitrogens is 4. The molecule has 1 fully saturated rings. The summed E-state index contributed by atoms with van der Waals surface area (Å²) in [5.41, 5.74) is 0. The molecule has 0 unspecified atom stereocenters. The smallest absolute Gasteiger partial charge is 0.388 e. The largest absolute Gasteiger partial charge is 0.467 e. The van der Waals surface area contributed by atoms with Crippen LogP contribution in [0.5, 0.6) is 11.8 Å². The second-order valence-corrected chi connectivity index (χ2v) is 5.76. The molecule has 0 amide bonds. The molecule has 1 saturated heterocycles. The fourth-order valence-electron chi connectivity index (χ4n) is 2.50. The number of nitrogens with one attached hydrogen (secondary N) is 2. The van der Waals surface area contributed by atoms with Crippen LogP contribution < -0.4 is 14.8 Å². The van der Waals surface area contributed by atoms with E-state index >= 15 is 0 Å². The van der Waals surface area contributed by atoms with Crippen LogP contribution in [-0.2, 0) is 0 Å². The van der Waals surface area contributed by atoms with Crippen molar-refractivity contribution in [2.45, 2.75) is 25.1 Å². The van der Waals surface area contributed by atoms with Crippen molar-refractivity contribution in [3.05, 3.63) is 18.5 Å². The zero-order valence-corrected chi connectivity index (χ0v) is 13.6. The molecule has 1 aliphatic heterocycles. The number of halogens is 4. The Bertz CT molecular complexity index is 744. The lowest BCUT2D eigenvalue weighted by atomic mass is 10.0. The molecule has 142 valence electrons. The highest BCUT2D eigenvalue weighted by molar-refractivity contribution is 5.52. The van der Waals surface area contributed by atoms with Crippen LogP contribution in [0.4, 0.5) is 29.2 Å². The lowest BCUT2D eigenvalue weighted by molar-refractivity contribution is -0.136. The third kappa shape index (κ3) is 4.50. The molecule has 0 aromatic carbocycles. The van der Waals surface area contributed by atoms with Gasteiger partial charge in [-0.15, -0.1) is 5.10 Å². The van der Waals surface area contributed by atoms with Crippen LogP contribution in [0.25, 0.3) is 0 Å². The average Bonchev–Trinajstić information content (AvgIpc) is 2.96. The van der Waals surface area contributed by atoms with Crippen molar-refractivity contribution < 1.29 is 27.0 Å². The Morgan fingerprint density at radius 3 is 2.88 bits per heavy atom. The molecule has 2 N–H and O–H groups in total. The molecular formula is C14H16F4N6O2. The number of H-pyrrole nitrogens is 1. The van der Waals surface area contributed by atoms with Crippen LogP contribution >= 0.6 is 0 Å². The quantitative estimate of drug-likeness (QED) is 0.748. The Balaban J connectivity index is 1.65. The topological polar surface area (TPSA) is 88.2 Å². The Morgan fingerprint density at radius 2 is 2.15 bits per heavy atom. The average molecular weight is 376 g/mol. The lowest BCUT2D eigenvalue weighted by Crippen LogP contribution is -2.52. The fourth-order valence-corrected chi connectivity index (χ4v) is 2.50. The van der Waals surface area contributed by atoms with E-state index in [9.17, 15) is 17.6 Å². The summed E-state index contributed by atoms with van der Waals surface area (Å²) in [6.45, 7) is -2.92. The Hall–Kier alpha value is -2.63. The van der Waals surface area contributed by atoms with E-state index in [0.29, 0.717) is 6.54 Å². The normalized spacial score (nSPS) is 20.2.